The number of imidazole rings is 2. The van der Waals surface area contributed by atoms with Gasteiger partial charge in [0, 0.05) is 31.9 Å². The first-order chi connectivity index (χ1) is 13.5. The number of aryl methyl sites for hydroxylation is 2. The van der Waals surface area contributed by atoms with Crippen LogP contribution in [0.4, 0.5) is 0 Å². The fourth-order valence-corrected chi connectivity index (χ4v) is 3.59. The van der Waals surface area contributed by atoms with Gasteiger partial charge in [-0.05, 0) is 50.1 Å². The molecule has 0 atom stereocenters. The van der Waals surface area contributed by atoms with Gasteiger partial charge in [-0.15, -0.1) is 0 Å². The molecule has 1 N–H and O–H groups in total. The topological polar surface area (TPSA) is 66.3 Å². The third-order valence-electron chi connectivity index (χ3n) is 5.18. The smallest absolute Gasteiger partial charge is 0.228 e. The van der Waals surface area contributed by atoms with Gasteiger partial charge in [0.25, 0.3) is 0 Å². The normalized spacial score (nSPS) is 11.4. The van der Waals surface area contributed by atoms with Gasteiger partial charge in [-0.1, -0.05) is 12.1 Å². The van der Waals surface area contributed by atoms with Crippen molar-refractivity contribution in [1.29, 1.82) is 0 Å². The number of hydrogen-bond acceptors (Lipinski definition) is 3. The summed E-state index contributed by atoms with van der Waals surface area (Å²) in [5, 5.41) is 0. The largest absolute Gasteiger partial charge is 0.342 e. The molecule has 3 heterocycles. The van der Waals surface area contributed by atoms with E-state index in [0.717, 1.165) is 33.8 Å². The molecule has 4 aromatic rings. The molecule has 6 heteroatoms. The summed E-state index contributed by atoms with van der Waals surface area (Å²) in [5.74, 6) is 1.02. The Morgan fingerprint density at radius 1 is 1.25 bits per heavy atom. The second-order valence-electron chi connectivity index (χ2n) is 7.24. The maximum atomic E-state index is 12.9. The van der Waals surface area contributed by atoms with Crippen molar-refractivity contribution in [1.82, 2.24) is 24.3 Å². The standard InChI is InChI=1S/C22H25N5O/c1-4-26(11-9-20-24-18-8-7-15(2)12-19(18)25-20)21(28)13-17-14-23-22-16(3)6-5-10-27(17)22/h5-8,10,12,14H,4,9,11,13H2,1-3H3,(H,24,25). The van der Waals surface area contributed by atoms with Gasteiger partial charge in [-0.2, -0.15) is 0 Å². The van der Waals surface area contributed by atoms with Crippen LogP contribution in [0.2, 0.25) is 0 Å². The van der Waals surface area contributed by atoms with E-state index in [2.05, 4.69) is 34.0 Å². The number of nitrogens with one attached hydrogen (secondary N) is 1. The van der Waals surface area contributed by atoms with E-state index in [1.807, 2.05) is 47.5 Å². The Hall–Kier alpha value is -3.15. The number of carbonyl (C=O) groups excluding carboxylic acids is 1. The third kappa shape index (κ3) is 3.50. The van der Waals surface area contributed by atoms with E-state index in [4.69, 9.17) is 0 Å². The number of likely N-dealkylation sites (N-methyl/N-ethyl adjacent to an activating group) is 1. The lowest BCUT2D eigenvalue weighted by Crippen LogP contribution is -2.34. The Morgan fingerprint density at radius 2 is 2.11 bits per heavy atom. The average Bonchev–Trinajstić information content (AvgIpc) is 3.26. The minimum Gasteiger partial charge on any atom is -0.342 e. The molecule has 144 valence electrons. The molecule has 0 unspecified atom stereocenters. The first-order valence-electron chi connectivity index (χ1n) is 9.69. The highest BCUT2D eigenvalue weighted by Crippen LogP contribution is 2.15. The highest BCUT2D eigenvalue weighted by molar-refractivity contribution is 5.79. The van der Waals surface area contributed by atoms with Crippen LogP contribution < -0.4 is 0 Å². The zero-order valence-corrected chi connectivity index (χ0v) is 16.6. The molecule has 28 heavy (non-hydrogen) atoms. The van der Waals surface area contributed by atoms with E-state index in [0.29, 0.717) is 25.9 Å². The van der Waals surface area contributed by atoms with Crippen LogP contribution in [0.3, 0.4) is 0 Å². The molecule has 6 nitrogen and oxygen atoms in total. The molecule has 0 spiro atoms. The molecule has 0 bridgehead atoms. The molecule has 1 amide bonds. The molecule has 0 saturated carbocycles. The number of rotatable bonds is 6. The minimum absolute atomic E-state index is 0.109. The molecule has 0 aliphatic rings. The van der Waals surface area contributed by atoms with Crippen molar-refractivity contribution in [2.45, 2.75) is 33.6 Å². The highest BCUT2D eigenvalue weighted by atomic mass is 16.2. The molecular formula is C22H25N5O. The molecular weight excluding hydrogens is 350 g/mol. The summed E-state index contributed by atoms with van der Waals surface area (Å²) in [6, 6.07) is 10.2. The number of H-pyrrole nitrogens is 1. The number of pyridine rings is 1. The number of benzene rings is 1. The van der Waals surface area contributed by atoms with E-state index >= 15 is 0 Å². The second-order valence-corrected chi connectivity index (χ2v) is 7.24. The number of hydrogen-bond donors (Lipinski definition) is 1. The summed E-state index contributed by atoms with van der Waals surface area (Å²) in [7, 11) is 0. The van der Waals surface area contributed by atoms with Crippen LogP contribution in [-0.2, 0) is 17.6 Å². The Bertz CT molecular complexity index is 1140. The maximum absolute atomic E-state index is 12.9. The van der Waals surface area contributed by atoms with Gasteiger partial charge < -0.3 is 14.3 Å². The predicted octanol–water partition coefficient (Wildman–Crippen LogP) is 3.46. The number of carbonyl (C=O) groups is 1. The van der Waals surface area contributed by atoms with Crippen LogP contribution in [0.5, 0.6) is 0 Å². The van der Waals surface area contributed by atoms with Crippen molar-refractivity contribution in [2.75, 3.05) is 13.1 Å². The summed E-state index contributed by atoms with van der Waals surface area (Å²) in [6.45, 7) is 7.43. The molecule has 1 aromatic carbocycles. The van der Waals surface area contributed by atoms with Gasteiger partial charge in [-0.3, -0.25) is 4.79 Å². The maximum Gasteiger partial charge on any atom is 0.228 e. The molecule has 0 radical (unpaired) electrons. The van der Waals surface area contributed by atoms with Crippen LogP contribution >= 0.6 is 0 Å². The quantitative estimate of drug-likeness (QED) is 0.561. The first-order valence-corrected chi connectivity index (χ1v) is 9.69. The second kappa shape index (κ2) is 7.46. The van der Waals surface area contributed by atoms with E-state index in [1.54, 1.807) is 6.20 Å². The number of nitrogens with zero attached hydrogens (tertiary/aromatic N) is 4. The van der Waals surface area contributed by atoms with Crippen molar-refractivity contribution >= 4 is 22.6 Å². The zero-order valence-electron chi connectivity index (χ0n) is 16.6. The van der Waals surface area contributed by atoms with Gasteiger partial charge in [0.05, 0.1) is 23.1 Å². The zero-order chi connectivity index (χ0) is 19.7. The van der Waals surface area contributed by atoms with Crippen molar-refractivity contribution in [3.05, 3.63) is 65.4 Å². The van der Waals surface area contributed by atoms with Gasteiger partial charge in [0.1, 0.15) is 11.5 Å². The first kappa shape index (κ1) is 18.2. The lowest BCUT2D eigenvalue weighted by atomic mass is 10.2. The highest BCUT2D eigenvalue weighted by Gasteiger charge is 2.16. The Kier molecular flexibility index (Phi) is 4.86. The molecule has 0 aliphatic carbocycles. The van der Waals surface area contributed by atoms with Gasteiger partial charge >= 0.3 is 0 Å². The lowest BCUT2D eigenvalue weighted by molar-refractivity contribution is -0.130. The Balaban J connectivity index is 1.45. The molecule has 0 fully saturated rings. The molecule has 4 rings (SSSR count). The van der Waals surface area contributed by atoms with Crippen LogP contribution in [0.25, 0.3) is 16.7 Å². The molecule has 0 saturated heterocycles. The van der Waals surface area contributed by atoms with Gasteiger partial charge in [0.2, 0.25) is 5.91 Å². The van der Waals surface area contributed by atoms with Crippen LogP contribution in [0.15, 0.2) is 42.7 Å². The molecule has 0 aliphatic heterocycles. The Morgan fingerprint density at radius 3 is 2.93 bits per heavy atom. The van der Waals surface area contributed by atoms with Crippen molar-refractivity contribution in [3.8, 4) is 0 Å². The summed E-state index contributed by atoms with van der Waals surface area (Å²) in [5.41, 5.74) is 6.15. The van der Waals surface area contributed by atoms with Gasteiger partial charge in [0.15, 0.2) is 0 Å². The van der Waals surface area contributed by atoms with Crippen LogP contribution in [0, 0.1) is 13.8 Å². The summed E-state index contributed by atoms with van der Waals surface area (Å²) >= 11 is 0. The lowest BCUT2D eigenvalue weighted by Gasteiger charge is -2.20. The number of aromatic nitrogens is 4. The Labute approximate surface area is 164 Å². The summed E-state index contributed by atoms with van der Waals surface area (Å²) in [4.78, 5) is 27.2. The van der Waals surface area contributed by atoms with Gasteiger partial charge in [-0.25, -0.2) is 9.97 Å². The fraction of sp³-hybridized carbons (Fsp3) is 0.318. The average molecular weight is 375 g/mol. The molecule has 3 aromatic heterocycles. The van der Waals surface area contributed by atoms with Crippen molar-refractivity contribution < 1.29 is 4.79 Å². The summed E-state index contributed by atoms with van der Waals surface area (Å²) < 4.78 is 2.00. The SMILES string of the molecule is CCN(CCc1nc2ccc(C)cc2[nH]1)C(=O)Cc1cnc2c(C)cccn12. The van der Waals surface area contributed by atoms with E-state index in [1.165, 1.54) is 5.56 Å². The monoisotopic (exact) mass is 375 g/mol. The van der Waals surface area contributed by atoms with E-state index in [-0.39, 0.29) is 5.91 Å². The van der Waals surface area contributed by atoms with E-state index in [9.17, 15) is 4.79 Å². The fourth-order valence-electron chi connectivity index (χ4n) is 3.59. The predicted molar refractivity (Wildman–Crippen MR) is 110 cm³/mol. The van der Waals surface area contributed by atoms with Crippen molar-refractivity contribution in [2.24, 2.45) is 0 Å². The van der Waals surface area contributed by atoms with Crippen LogP contribution in [-0.4, -0.2) is 43.2 Å². The summed E-state index contributed by atoms with van der Waals surface area (Å²) in [6.07, 6.45) is 4.82. The van der Waals surface area contributed by atoms with E-state index < -0.39 is 0 Å². The number of amides is 1. The number of fused-ring (bicyclic) bond motifs is 2. The number of aromatic amines is 1. The van der Waals surface area contributed by atoms with Crippen molar-refractivity contribution in [3.63, 3.8) is 0 Å². The third-order valence-corrected chi connectivity index (χ3v) is 5.18. The minimum atomic E-state index is 0.109. The van der Waals surface area contributed by atoms with Crippen LogP contribution in [0.1, 0.15) is 29.6 Å².